The number of aromatic nitrogens is 1. The maximum atomic E-state index is 12.6. The third kappa shape index (κ3) is 3.96. The van der Waals surface area contributed by atoms with E-state index in [1.807, 2.05) is 44.4 Å². The standard InChI is InChI=1S/C19H22N4O2/c1-22(2)18-16(9-6-10-20-18)19(25)21-15-11-17(24)23(13-15)12-14-7-4-3-5-8-14/h3-10,15H,11-13H2,1-2H3,(H,21,25)/t15-/m1/s1. The number of rotatable bonds is 5. The van der Waals surface area contributed by atoms with Crippen LogP contribution in [-0.4, -0.2) is 48.4 Å². The van der Waals surface area contributed by atoms with E-state index >= 15 is 0 Å². The molecule has 6 heteroatoms. The zero-order valence-electron chi connectivity index (χ0n) is 14.5. The van der Waals surface area contributed by atoms with Crippen molar-refractivity contribution in [2.24, 2.45) is 0 Å². The van der Waals surface area contributed by atoms with E-state index in [1.165, 1.54) is 0 Å². The lowest BCUT2D eigenvalue weighted by molar-refractivity contribution is -0.128. The number of hydrogen-bond acceptors (Lipinski definition) is 4. The van der Waals surface area contributed by atoms with Crippen LogP contribution in [0, 0.1) is 0 Å². The second kappa shape index (κ2) is 7.34. The van der Waals surface area contributed by atoms with Crippen LogP contribution in [0.5, 0.6) is 0 Å². The molecule has 0 aliphatic carbocycles. The molecule has 1 aromatic carbocycles. The first kappa shape index (κ1) is 17.0. The predicted molar refractivity (Wildman–Crippen MR) is 96.3 cm³/mol. The highest BCUT2D eigenvalue weighted by Gasteiger charge is 2.31. The molecule has 1 N–H and O–H groups in total. The van der Waals surface area contributed by atoms with Gasteiger partial charge in [-0.15, -0.1) is 0 Å². The van der Waals surface area contributed by atoms with Crippen LogP contribution in [0.15, 0.2) is 48.7 Å². The number of pyridine rings is 1. The summed E-state index contributed by atoms with van der Waals surface area (Å²) >= 11 is 0. The zero-order valence-corrected chi connectivity index (χ0v) is 14.5. The van der Waals surface area contributed by atoms with Gasteiger partial charge in [-0.3, -0.25) is 9.59 Å². The average molecular weight is 338 g/mol. The van der Waals surface area contributed by atoms with Crippen molar-refractivity contribution >= 4 is 17.6 Å². The topological polar surface area (TPSA) is 65.5 Å². The van der Waals surface area contributed by atoms with Crippen molar-refractivity contribution in [1.29, 1.82) is 0 Å². The highest BCUT2D eigenvalue weighted by atomic mass is 16.2. The third-order valence-electron chi connectivity index (χ3n) is 4.22. The quantitative estimate of drug-likeness (QED) is 0.901. The fourth-order valence-corrected chi connectivity index (χ4v) is 3.02. The summed E-state index contributed by atoms with van der Waals surface area (Å²) in [5, 5.41) is 2.97. The molecule has 0 saturated carbocycles. The predicted octanol–water partition coefficient (Wildman–Crippen LogP) is 1.68. The summed E-state index contributed by atoms with van der Waals surface area (Å²) in [6, 6.07) is 13.2. The van der Waals surface area contributed by atoms with Crippen molar-refractivity contribution in [2.45, 2.75) is 19.0 Å². The molecule has 1 aromatic heterocycles. The molecular weight excluding hydrogens is 316 g/mol. The van der Waals surface area contributed by atoms with Crippen LogP contribution in [0.25, 0.3) is 0 Å². The molecule has 1 atom stereocenters. The van der Waals surface area contributed by atoms with Crippen LogP contribution in [0.1, 0.15) is 22.3 Å². The largest absolute Gasteiger partial charge is 0.362 e. The fourth-order valence-electron chi connectivity index (χ4n) is 3.02. The van der Waals surface area contributed by atoms with Gasteiger partial charge in [0.15, 0.2) is 0 Å². The van der Waals surface area contributed by atoms with Crippen LogP contribution < -0.4 is 10.2 Å². The zero-order chi connectivity index (χ0) is 17.8. The van der Waals surface area contributed by atoms with Crippen LogP contribution in [0.3, 0.4) is 0 Å². The SMILES string of the molecule is CN(C)c1ncccc1C(=O)N[C@@H]1CC(=O)N(Cc2ccccc2)C1. The van der Waals surface area contributed by atoms with Crippen LogP contribution in [0.4, 0.5) is 5.82 Å². The first-order valence-corrected chi connectivity index (χ1v) is 8.29. The molecule has 2 heterocycles. The van der Waals surface area contributed by atoms with Gasteiger partial charge in [-0.2, -0.15) is 0 Å². The second-order valence-corrected chi connectivity index (χ2v) is 6.40. The number of amides is 2. The molecule has 2 amide bonds. The number of hydrogen-bond donors (Lipinski definition) is 1. The molecular formula is C19H22N4O2. The van der Waals surface area contributed by atoms with Gasteiger partial charge in [-0.1, -0.05) is 30.3 Å². The molecule has 1 fully saturated rings. The maximum Gasteiger partial charge on any atom is 0.255 e. The number of carbonyl (C=O) groups excluding carboxylic acids is 2. The minimum absolute atomic E-state index is 0.0631. The number of anilines is 1. The molecule has 0 bridgehead atoms. The fraction of sp³-hybridized carbons (Fsp3) is 0.316. The van der Waals surface area contributed by atoms with Crippen molar-refractivity contribution in [3.8, 4) is 0 Å². The maximum absolute atomic E-state index is 12.6. The van der Waals surface area contributed by atoms with Gasteiger partial charge in [0.05, 0.1) is 11.6 Å². The van der Waals surface area contributed by atoms with Gasteiger partial charge in [0, 0.05) is 39.8 Å². The molecule has 1 saturated heterocycles. The highest BCUT2D eigenvalue weighted by molar-refractivity contribution is 5.99. The van der Waals surface area contributed by atoms with Gasteiger partial charge >= 0.3 is 0 Å². The molecule has 0 radical (unpaired) electrons. The molecule has 1 aliphatic heterocycles. The number of nitrogens with zero attached hydrogens (tertiary/aromatic N) is 3. The van der Waals surface area contributed by atoms with Gasteiger partial charge < -0.3 is 15.1 Å². The van der Waals surface area contributed by atoms with Gasteiger partial charge in [0.2, 0.25) is 5.91 Å². The summed E-state index contributed by atoms with van der Waals surface area (Å²) in [4.78, 5) is 32.7. The molecule has 0 unspecified atom stereocenters. The van der Waals surface area contributed by atoms with E-state index in [0.29, 0.717) is 30.9 Å². The van der Waals surface area contributed by atoms with E-state index in [4.69, 9.17) is 0 Å². The summed E-state index contributed by atoms with van der Waals surface area (Å²) in [6.07, 6.45) is 1.99. The average Bonchev–Trinajstić information content (AvgIpc) is 2.94. The summed E-state index contributed by atoms with van der Waals surface area (Å²) < 4.78 is 0. The first-order valence-electron chi connectivity index (χ1n) is 8.29. The lowest BCUT2D eigenvalue weighted by Crippen LogP contribution is -2.37. The summed E-state index contributed by atoms with van der Waals surface area (Å²) in [5.41, 5.74) is 1.60. The Labute approximate surface area is 147 Å². The first-order chi connectivity index (χ1) is 12.0. The lowest BCUT2D eigenvalue weighted by atomic mass is 10.2. The van der Waals surface area contributed by atoms with Gasteiger partial charge in [-0.05, 0) is 17.7 Å². The summed E-state index contributed by atoms with van der Waals surface area (Å²) in [5.74, 6) is 0.481. The minimum Gasteiger partial charge on any atom is -0.362 e. The van der Waals surface area contributed by atoms with Crippen molar-refractivity contribution in [3.63, 3.8) is 0 Å². The molecule has 130 valence electrons. The van der Waals surface area contributed by atoms with Crippen molar-refractivity contribution < 1.29 is 9.59 Å². The van der Waals surface area contributed by atoms with Crippen molar-refractivity contribution in [1.82, 2.24) is 15.2 Å². The van der Waals surface area contributed by atoms with Crippen molar-refractivity contribution in [3.05, 3.63) is 59.8 Å². The Hall–Kier alpha value is -2.89. The number of likely N-dealkylation sites (tertiary alicyclic amines) is 1. The van der Waals surface area contributed by atoms with E-state index in [2.05, 4.69) is 10.3 Å². The molecule has 0 spiro atoms. The van der Waals surface area contributed by atoms with Crippen LogP contribution in [-0.2, 0) is 11.3 Å². The Bertz CT molecular complexity index is 761. The Kier molecular flexibility index (Phi) is 4.97. The monoisotopic (exact) mass is 338 g/mol. The number of carbonyl (C=O) groups is 2. The molecule has 1 aliphatic rings. The van der Waals surface area contributed by atoms with E-state index in [0.717, 1.165) is 5.56 Å². The molecule has 2 aromatic rings. The second-order valence-electron chi connectivity index (χ2n) is 6.40. The van der Waals surface area contributed by atoms with E-state index in [-0.39, 0.29) is 17.9 Å². The third-order valence-corrected chi connectivity index (χ3v) is 4.22. The molecule has 6 nitrogen and oxygen atoms in total. The minimum atomic E-state index is -0.198. The van der Waals surface area contributed by atoms with Gasteiger partial charge in [0.25, 0.3) is 5.91 Å². The normalized spacial score (nSPS) is 16.8. The van der Waals surface area contributed by atoms with Gasteiger partial charge in [0.1, 0.15) is 5.82 Å². The van der Waals surface area contributed by atoms with E-state index in [9.17, 15) is 9.59 Å². The number of nitrogens with one attached hydrogen (secondary N) is 1. The summed E-state index contributed by atoms with van der Waals surface area (Å²) in [7, 11) is 3.69. The smallest absolute Gasteiger partial charge is 0.255 e. The number of benzene rings is 1. The van der Waals surface area contributed by atoms with Crippen LogP contribution in [0.2, 0.25) is 0 Å². The Morgan fingerprint density at radius 3 is 2.72 bits per heavy atom. The molecule has 25 heavy (non-hydrogen) atoms. The Morgan fingerprint density at radius 1 is 1.24 bits per heavy atom. The van der Waals surface area contributed by atoms with E-state index in [1.54, 1.807) is 28.1 Å². The van der Waals surface area contributed by atoms with Crippen LogP contribution >= 0.6 is 0 Å². The van der Waals surface area contributed by atoms with Crippen molar-refractivity contribution in [2.75, 3.05) is 25.5 Å². The summed E-state index contributed by atoms with van der Waals surface area (Å²) in [6.45, 7) is 1.10. The Morgan fingerprint density at radius 2 is 2.00 bits per heavy atom. The van der Waals surface area contributed by atoms with E-state index < -0.39 is 0 Å². The Balaban J connectivity index is 1.64. The highest BCUT2D eigenvalue weighted by Crippen LogP contribution is 2.18. The van der Waals surface area contributed by atoms with Gasteiger partial charge in [-0.25, -0.2) is 4.98 Å². The molecule has 3 rings (SSSR count). The lowest BCUT2D eigenvalue weighted by Gasteiger charge is -2.19.